The second-order valence-corrected chi connectivity index (χ2v) is 3.27. The zero-order valence-electron chi connectivity index (χ0n) is 9.26. The van der Waals surface area contributed by atoms with Crippen LogP contribution in [0, 0.1) is 0 Å². The molecule has 0 fully saturated rings. The van der Waals surface area contributed by atoms with Crippen molar-refractivity contribution in [1.82, 2.24) is 0 Å². The van der Waals surface area contributed by atoms with Crippen molar-refractivity contribution in [3.05, 3.63) is 35.9 Å². The molecule has 0 aliphatic rings. The minimum atomic E-state index is -1.20. The summed E-state index contributed by atoms with van der Waals surface area (Å²) in [6.07, 6.45) is -1.20. The number of benzene rings is 1. The molecule has 0 aliphatic carbocycles. The van der Waals surface area contributed by atoms with Gasteiger partial charge in [0.1, 0.15) is 0 Å². The van der Waals surface area contributed by atoms with Crippen LogP contribution in [0.15, 0.2) is 30.3 Å². The topological polar surface area (TPSA) is 55.8 Å². The molecule has 0 saturated carbocycles. The monoisotopic (exact) mass is 224 g/mol. The van der Waals surface area contributed by atoms with Crippen molar-refractivity contribution in [3.63, 3.8) is 0 Å². The number of hydrogen-bond acceptors (Lipinski definition) is 4. The van der Waals surface area contributed by atoms with Gasteiger partial charge in [-0.3, -0.25) is 0 Å². The van der Waals surface area contributed by atoms with Gasteiger partial charge < -0.3 is 14.6 Å². The molecule has 0 saturated heterocycles. The quantitative estimate of drug-likeness (QED) is 0.736. The van der Waals surface area contributed by atoms with E-state index in [0.717, 1.165) is 5.56 Å². The van der Waals surface area contributed by atoms with Gasteiger partial charge in [0, 0.05) is 0 Å². The Kier molecular flexibility index (Phi) is 5.53. The van der Waals surface area contributed by atoms with Crippen LogP contribution in [0.25, 0.3) is 0 Å². The summed E-state index contributed by atoms with van der Waals surface area (Å²) in [6, 6.07) is 9.55. The van der Waals surface area contributed by atoms with Gasteiger partial charge in [-0.15, -0.1) is 0 Å². The van der Waals surface area contributed by atoms with E-state index in [1.54, 1.807) is 6.92 Å². The Labute approximate surface area is 94.8 Å². The molecule has 1 aromatic rings. The lowest BCUT2D eigenvalue weighted by atomic mass is 10.2. The minimum Gasteiger partial charge on any atom is -0.464 e. The standard InChI is InChI=1S/C12H16O4/c1-2-16-12(14)11(13)9-15-8-10-6-4-3-5-7-10/h3-7,11,13H,2,8-9H2,1H3/t11-/m1/s1. The number of carbonyl (C=O) groups excluding carboxylic acids is 1. The van der Waals surface area contributed by atoms with E-state index in [-0.39, 0.29) is 13.2 Å². The average molecular weight is 224 g/mol. The summed E-state index contributed by atoms with van der Waals surface area (Å²) in [4.78, 5) is 11.0. The molecule has 1 atom stereocenters. The summed E-state index contributed by atoms with van der Waals surface area (Å²) < 4.78 is 9.84. The highest BCUT2D eigenvalue weighted by atomic mass is 16.6. The summed E-state index contributed by atoms with van der Waals surface area (Å²) in [5.74, 6) is -0.643. The smallest absolute Gasteiger partial charge is 0.337 e. The van der Waals surface area contributed by atoms with Crippen molar-refractivity contribution in [2.45, 2.75) is 19.6 Å². The highest BCUT2D eigenvalue weighted by Gasteiger charge is 2.15. The second-order valence-electron chi connectivity index (χ2n) is 3.27. The van der Waals surface area contributed by atoms with Crippen LogP contribution in [0.3, 0.4) is 0 Å². The molecule has 4 nitrogen and oxygen atoms in total. The van der Waals surface area contributed by atoms with Crippen molar-refractivity contribution in [3.8, 4) is 0 Å². The number of aliphatic hydroxyl groups is 1. The molecule has 0 radical (unpaired) electrons. The van der Waals surface area contributed by atoms with Crippen LogP contribution >= 0.6 is 0 Å². The van der Waals surface area contributed by atoms with Gasteiger partial charge in [-0.25, -0.2) is 4.79 Å². The Morgan fingerprint density at radius 2 is 2.06 bits per heavy atom. The SMILES string of the molecule is CCOC(=O)[C@H](O)COCc1ccccc1. The number of carbonyl (C=O) groups is 1. The first kappa shape index (κ1) is 12.7. The number of esters is 1. The van der Waals surface area contributed by atoms with Crippen molar-refractivity contribution < 1.29 is 19.4 Å². The molecule has 16 heavy (non-hydrogen) atoms. The van der Waals surface area contributed by atoms with Crippen LogP contribution in [0.1, 0.15) is 12.5 Å². The molecule has 1 rings (SSSR count). The Hall–Kier alpha value is -1.39. The van der Waals surface area contributed by atoms with E-state index in [0.29, 0.717) is 6.61 Å². The molecular formula is C12H16O4. The molecule has 0 aromatic heterocycles. The molecule has 88 valence electrons. The maximum absolute atomic E-state index is 11.0. The maximum Gasteiger partial charge on any atom is 0.337 e. The van der Waals surface area contributed by atoms with E-state index >= 15 is 0 Å². The Balaban J connectivity index is 2.23. The van der Waals surface area contributed by atoms with Gasteiger partial charge in [-0.1, -0.05) is 30.3 Å². The van der Waals surface area contributed by atoms with Gasteiger partial charge in [0.2, 0.25) is 0 Å². The van der Waals surface area contributed by atoms with Crippen LogP contribution in [0.4, 0.5) is 0 Å². The molecule has 0 amide bonds. The highest BCUT2D eigenvalue weighted by molar-refractivity contribution is 5.74. The van der Waals surface area contributed by atoms with Gasteiger partial charge in [-0.05, 0) is 12.5 Å². The van der Waals surface area contributed by atoms with Crippen LogP contribution in [-0.4, -0.2) is 30.4 Å². The largest absolute Gasteiger partial charge is 0.464 e. The molecule has 1 aromatic carbocycles. The lowest BCUT2D eigenvalue weighted by Crippen LogP contribution is -2.27. The van der Waals surface area contributed by atoms with Gasteiger partial charge in [0.05, 0.1) is 19.8 Å². The normalized spacial score (nSPS) is 12.1. The van der Waals surface area contributed by atoms with Crippen LogP contribution in [-0.2, 0) is 20.9 Å². The molecule has 0 bridgehead atoms. The van der Waals surface area contributed by atoms with Crippen molar-refractivity contribution in [2.24, 2.45) is 0 Å². The molecule has 4 heteroatoms. The molecule has 0 spiro atoms. The zero-order valence-corrected chi connectivity index (χ0v) is 9.26. The average Bonchev–Trinajstić information content (AvgIpc) is 2.30. The Morgan fingerprint density at radius 3 is 2.69 bits per heavy atom. The van der Waals surface area contributed by atoms with E-state index in [2.05, 4.69) is 4.74 Å². The van der Waals surface area contributed by atoms with Gasteiger partial charge in [0.25, 0.3) is 0 Å². The number of aliphatic hydroxyl groups excluding tert-OH is 1. The van der Waals surface area contributed by atoms with E-state index in [1.807, 2.05) is 30.3 Å². The molecule has 0 heterocycles. The Bertz CT molecular complexity index is 310. The van der Waals surface area contributed by atoms with E-state index in [4.69, 9.17) is 4.74 Å². The Morgan fingerprint density at radius 1 is 1.38 bits per heavy atom. The first-order valence-corrected chi connectivity index (χ1v) is 5.20. The fourth-order valence-corrected chi connectivity index (χ4v) is 1.17. The van der Waals surface area contributed by atoms with E-state index < -0.39 is 12.1 Å². The summed E-state index contributed by atoms with van der Waals surface area (Å²) in [7, 11) is 0. The van der Waals surface area contributed by atoms with Crippen molar-refractivity contribution in [2.75, 3.05) is 13.2 Å². The van der Waals surface area contributed by atoms with Gasteiger partial charge >= 0.3 is 5.97 Å². The van der Waals surface area contributed by atoms with Crippen LogP contribution < -0.4 is 0 Å². The summed E-state index contributed by atoms with van der Waals surface area (Å²) >= 11 is 0. The zero-order chi connectivity index (χ0) is 11.8. The first-order valence-electron chi connectivity index (χ1n) is 5.20. The highest BCUT2D eigenvalue weighted by Crippen LogP contribution is 2.01. The van der Waals surface area contributed by atoms with Gasteiger partial charge in [-0.2, -0.15) is 0 Å². The molecule has 0 aliphatic heterocycles. The lowest BCUT2D eigenvalue weighted by molar-refractivity contribution is -0.156. The summed E-state index contributed by atoms with van der Waals surface area (Å²) in [5, 5.41) is 9.33. The third-order valence-electron chi connectivity index (χ3n) is 1.95. The number of hydrogen-bond donors (Lipinski definition) is 1. The molecular weight excluding hydrogens is 208 g/mol. The lowest BCUT2D eigenvalue weighted by Gasteiger charge is -2.10. The van der Waals surface area contributed by atoms with Crippen LogP contribution in [0.5, 0.6) is 0 Å². The predicted octanol–water partition coefficient (Wildman–Crippen LogP) is 1.13. The third-order valence-corrected chi connectivity index (χ3v) is 1.95. The summed E-state index contributed by atoms with van der Waals surface area (Å²) in [5.41, 5.74) is 0.999. The molecule has 1 N–H and O–H groups in total. The van der Waals surface area contributed by atoms with E-state index in [1.165, 1.54) is 0 Å². The summed E-state index contributed by atoms with van der Waals surface area (Å²) in [6.45, 7) is 2.27. The minimum absolute atomic E-state index is 0.0479. The van der Waals surface area contributed by atoms with Crippen molar-refractivity contribution >= 4 is 5.97 Å². The fraction of sp³-hybridized carbons (Fsp3) is 0.417. The number of rotatable bonds is 6. The maximum atomic E-state index is 11.0. The fourth-order valence-electron chi connectivity index (χ4n) is 1.17. The first-order chi connectivity index (χ1) is 7.74. The predicted molar refractivity (Wildman–Crippen MR) is 58.7 cm³/mol. The second kappa shape index (κ2) is 6.98. The number of ether oxygens (including phenoxy) is 2. The van der Waals surface area contributed by atoms with Crippen LogP contribution in [0.2, 0.25) is 0 Å². The molecule has 0 unspecified atom stereocenters. The van der Waals surface area contributed by atoms with Crippen molar-refractivity contribution in [1.29, 1.82) is 0 Å². The third kappa shape index (κ3) is 4.42. The van der Waals surface area contributed by atoms with Gasteiger partial charge in [0.15, 0.2) is 6.10 Å². The van der Waals surface area contributed by atoms with E-state index in [9.17, 15) is 9.90 Å².